The molecule has 0 saturated heterocycles. The predicted octanol–water partition coefficient (Wildman–Crippen LogP) is 1.14. The van der Waals surface area contributed by atoms with E-state index in [0.29, 0.717) is 13.5 Å². The van der Waals surface area contributed by atoms with Crippen molar-refractivity contribution in [3.63, 3.8) is 0 Å². The fourth-order valence-corrected chi connectivity index (χ4v) is 1.49. The van der Waals surface area contributed by atoms with Crippen LogP contribution in [0.5, 0.6) is 0 Å². The van der Waals surface area contributed by atoms with E-state index in [4.69, 9.17) is 9.47 Å². The van der Waals surface area contributed by atoms with E-state index in [9.17, 15) is 4.79 Å². The highest BCUT2D eigenvalue weighted by molar-refractivity contribution is 5.65. The Morgan fingerprint density at radius 3 is 2.00 bits per heavy atom. The molecule has 0 unspecified atom stereocenters. The molecule has 0 saturated carbocycles. The van der Waals surface area contributed by atoms with Gasteiger partial charge in [-0.25, -0.2) is 0 Å². The Labute approximate surface area is 105 Å². The maximum Gasteiger partial charge on any atom is 0.303 e. The molecule has 102 valence electrons. The Kier molecular flexibility index (Phi) is 10.1. The van der Waals surface area contributed by atoms with E-state index < -0.39 is 0 Å². The molecule has 5 heteroatoms. The SMILES string of the molecule is COCN(C)CCCCCN(C)COC(C)=O. The van der Waals surface area contributed by atoms with Gasteiger partial charge in [-0.1, -0.05) is 6.42 Å². The first-order valence-electron chi connectivity index (χ1n) is 6.05. The Hall–Kier alpha value is -0.650. The van der Waals surface area contributed by atoms with Gasteiger partial charge in [0.25, 0.3) is 0 Å². The molecule has 17 heavy (non-hydrogen) atoms. The maximum absolute atomic E-state index is 10.6. The van der Waals surface area contributed by atoms with Gasteiger partial charge in [0.2, 0.25) is 0 Å². The lowest BCUT2D eigenvalue weighted by Gasteiger charge is -2.17. The lowest BCUT2D eigenvalue weighted by Crippen LogP contribution is -2.25. The lowest BCUT2D eigenvalue weighted by atomic mass is 10.2. The van der Waals surface area contributed by atoms with Crippen LogP contribution in [-0.2, 0) is 14.3 Å². The van der Waals surface area contributed by atoms with Crippen molar-refractivity contribution in [2.45, 2.75) is 26.2 Å². The number of unbranched alkanes of at least 4 members (excludes halogenated alkanes) is 2. The van der Waals surface area contributed by atoms with Crippen LogP contribution in [-0.4, -0.2) is 63.5 Å². The van der Waals surface area contributed by atoms with Gasteiger partial charge in [0, 0.05) is 20.6 Å². The van der Waals surface area contributed by atoms with Crippen LogP contribution < -0.4 is 0 Å². The smallest absolute Gasteiger partial charge is 0.303 e. The quantitative estimate of drug-likeness (QED) is 0.328. The summed E-state index contributed by atoms with van der Waals surface area (Å²) in [5.41, 5.74) is 0. The van der Waals surface area contributed by atoms with Gasteiger partial charge in [0.1, 0.15) is 6.73 Å². The van der Waals surface area contributed by atoms with Crippen molar-refractivity contribution in [1.29, 1.82) is 0 Å². The third-order valence-corrected chi connectivity index (χ3v) is 2.42. The van der Waals surface area contributed by atoms with Crippen molar-refractivity contribution in [2.24, 2.45) is 0 Å². The van der Waals surface area contributed by atoms with Crippen LogP contribution in [0.25, 0.3) is 0 Å². The predicted molar refractivity (Wildman–Crippen MR) is 67.6 cm³/mol. The number of nitrogens with zero attached hydrogens (tertiary/aromatic N) is 2. The molecule has 0 aliphatic carbocycles. The average Bonchev–Trinajstić information content (AvgIpc) is 2.26. The minimum absolute atomic E-state index is 0.224. The number of ether oxygens (including phenoxy) is 2. The highest BCUT2D eigenvalue weighted by atomic mass is 16.5. The number of hydrogen-bond donors (Lipinski definition) is 0. The van der Waals surface area contributed by atoms with E-state index >= 15 is 0 Å². The first-order valence-corrected chi connectivity index (χ1v) is 6.05. The van der Waals surface area contributed by atoms with Crippen molar-refractivity contribution in [3.8, 4) is 0 Å². The van der Waals surface area contributed by atoms with E-state index in [0.717, 1.165) is 19.5 Å². The molecule has 0 spiro atoms. The van der Waals surface area contributed by atoms with Gasteiger partial charge < -0.3 is 9.47 Å². The Morgan fingerprint density at radius 2 is 1.53 bits per heavy atom. The third-order valence-electron chi connectivity index (χ3n) is 2.42. The van der Waals surface area contributed by atoms with Crippen LogP contribution in [0.1, 0.15) is 26.2 Å². The van der Waals surface area contributed by atoms with Gasteiger partial charge in [-0.15, -0.1) is 0 Å². The van der Waals surface area contributed by atoms with Crippen molar-refractivity contribution in [3.05, 3.63) is 0 Å². The van der Waals surface area contributed by atoms with Crippen LogP contribution in [0, 0.1) is 0 Å². The molecule has 0 heterocycles. The number of hydrogen-bond acceptors (Lipinski definition) is 5. The van der Waals surface area contributed by atoms with Crippen molar-refractivity contribution in [2.75, 3.05) is 47.8 Å². The van der Waals surface area contributed by atoms with Crippen LogP contribution >= 0.6 is 0 Å². The molecule has 0 radical (unpaired) electrons. The zero-order valence-electron chi connectivity index (χ0n) is 11.6. The summed E-state index contributed by atoms with van der Waals surface area (Å²) in [5, 5.41) is 0. The molecule has 0 rings (SSSR count). The summed E-state index contributed by atoms with van der Waals surface area (Å²) in [7, 11) is 5.72. The van der Waals surface area contributed by atoms with Crippen LogP contribution in [0.15, 0.2) is 0 Å². The molecule has 0 fully saturated rings. The monoisotopic (exact) mass is 246 g/mol. The molecule has 0 aromatic heterocycles. The zero-order chi connectivity index (χ0) is 13.1. The van der Waals surface area contributed by atoms with E-state index in [2.05, 4.69) is 11.9 Å². The normalized spacial score (nSPS) is 11.2. The standard InChI is InChI=1S/C12H26N2O3/c1-12(15)17-11-14(3)9-7-5-6-8-13(2)10-16-4/h5-11H2,1-4H3. The molecule has 0 aliphatic rings. The Balaban J connectivity index is 3.29. The third kappa shape index (κ3) is 11.6. The summed E-state index contributed by atoms with van der Waals surface area (Å²) in [6, 6.07) is 0. The second-order valence-corrected chi connectivity index (χ2v) is 4.40. The minimum atomic E-state index is -0.224. The van der Waals surface area contributed by atoms with Crippen LogP contribution in [0.3, 0.4) is 0 Å². The molecular weight excluding hydrogens is 220 g/mol. The summed E-state index contributed by atoms with van der Waals surface area (Å²) in [5.74, 6) is -0.224. The van der Waals surface area contributed by atoms with E-state index in [-0.39, 0.29) is 5.97 Å². The van der Waals surface area contributed by atoms with Crippen molar-refractivity contribution >= 4 is 5.97 Å². The van der Waals surface area contributed by atoms with Gasteiger partial charge in [0.05, 0.1) is 6.73 Å². The highest BCUT2D eigenvalue weighted by Crippen LogP contribution is 1.99. The first-order chi connectivity index (χ1) is 8.06. The number of carbonyl (C=O) groups excluding carboxylic acids is 1. The summed E-state index contributed by atoms with van der Waals surface area (Å²) >= 11 is 0. The molecule has 5 nitrogen and oxygen atoms in total. The minimum Gasteiger partial charge on any atom is -0.450 e. The van der Waals surface area contributed by atoms with E-state index in [1.54, 1.807) is 7.11 Å². The van der Waals surface area contributed by atoms with Crippen molar-refractivity contribution < 1.29 is 14.3 Å². The number of methoxy groups -OCH3 is 1. The molecule has 0 aliphatic heterocycles. The number of carbonyl (C=O) groups is 1. The van der Waals surface area contributed by atoms with Gasteiger partial charge in [0.15, 0.2) is 0 Å². The molecule has 0 atom stereocenters. The van der Waals surface area contributed by atoms with Crippen molar-refractivity contribution in [1.82, 2.24) is 9.80 Å². The topological polar surface area (TPSA) is 42.0 Å². The second-order valence-electron chi connectivity index (χ2n) is 4.40. The molecule has 0 N–H and O–H groups in total. The van der Waals surface area contributed by atoms with Crippen LogP contribution in [0.4, 0.5) is 0 Å². The van der Waals surface area contributed by atoms with Gasteiger partial charge >= 0.3 is 5.97 Å². The lowest BCUT2D eigenvalue weighted by molar-refractivity contribution is -0.145. The number of esters is 1. The molecule has 0 amide bonds. The Bertz CT molecular complexity index is 200. The number of rotatable bonds is 10. The molecule has 0 aromatic rings. The summed E-state index contributed by atoms with van der Waals surface area (Å²) in [6.07, 6.45) is 3.47. The van der Waals surface area contributed by atoms with Gasteiger partial charge in [-0.2, -0.15) is 0 Å². The fraction of sp³-hybridized carbons (Fsp3) is 0.917. The van der Waals surface area contributed by atoms with Gasteiger partial charge in [-0.05, 0) is 33.5 Å². The largest absolute Gasteiger partial charge is 0.450 e. The summed E-state index contributed by atoms with van der Waals surface area (Å²) in [6.45, 7) is 4.52. The van der Waals surface area contributed by atoms with E-state index in [1.807, 2.05) is 11.9 Å². The van der Waals surface area contributed by atoms with Crippen LogP contribution in [0.2, 0.25) is 0 Å². The molecular formula is C12H26N2O3. The molecule has 0 aromatic carbocycles. The second kappa shape index (κ2) is 10.5. The Morgan fingerprint density at radius 1 is 1.00 bits per heavy atom. The summed E-state index contributed by atoms with van der Waals surface area (Å²) < 4.78 is 9.92. The first kappa shape index (κ1) is 16.4. The summed E-state index contributed by atoms with van der Waals surface area (Å²) in [4.78, 5) is 14.8. The van der Waals surface area contributed by atoms with E-state index in [1.165, 1.54) is 19.8 Å². The average molecular weight is 246 g/mol. The molecule has 0 bridgehead atoms. The fourth-order valence-electron chi connectivity index (χ4n) is 1.49. The van der Waals surface area contributed by atoms with Gasteiger partial charge in [-0.3, -0.25) is 14.6 Å². The highest BCUT2D eigenvalue weighted by Gasteiger charge is 2.01. The maximum atomic E-state index is 10.6. The zero-order valence-corrected chi connectivity index (χ0v) is 11.6.